The molecule has 0 spiro atoms. The molecule has 6 heteroatoms. The van der Waals surface area contributed by atoms with Gasteiger partial charge in [-0.05, 0) is 56.2 Å². The van der Waals surface area contributed by atoms with Gasteiger partial charge in [-0.1, -0.05) is 24.3 Å². The summed E-state index contributed by atoms with van der Waals surface area (Å²) in [7, 11) is 1.61. The van der Waals surface area contributed by atoms with Gasteiger partial charge in [0.15, 0.2) is 6.10 Å². The Balaban J connectivity index is 1.86. The third-order valence-corrected chi connectivity index (χ3v) is 4.29. The first kappa shape index (κ1) is 20.2. The van der Waals surface area contributed by atoms with Gasteiger partial charge in [-0.15, -0.1) is 0 Å². The minimum Gasteiger partial charge on any atom is -0.451 e. The Labute approximate surface area is 159 Å². The summed E-state index contributed by atoms with van der Waals surface area (Å²) >= 11 is 0. The molecule has 0 saturated heterocycles. The molecule has 0 fully saturated rings. The number of nitrogens with zero attached hydrogens (tertiary/aromatic N) is 1. The van der Waals surface area contributed by atoms with Crippen molar-refractivity contribution in [1.82, 2.24) is 5.32 Å². The summed E-state index contributed by atoms with van der Waals surface area (Å²) < 4.78 is 5.14. The molecule has 1 N–H and O–H groups in total. The highest BCUT2D eigenvalue weighted by Gasteiger charge is 2.22. The summed E-state index contributed by atoms with van der Waals surface area (Å²) in [4.78, 5) is 37.9. The Kier molecular flexibility index (Phi) is 6.71. The van der Waals surface area contributed by atoms with Gasteiger partial charge in [0.25, 0.3) is 11.8 Å². The summed E-state index contributed by atoms with van der Waals surface area (Å²) in [6.45, 7) is 5.07. The largest absolute Gasteiger partial charge is 0.451 e. The highest BCUT2D eigenvalue weighted by molar-refractivity contribution is 5.98. The number of hydrogen-bond acceptors (Lipinski definition) is 4. The van der Waals surface area contributed by atoms with Crippen LogP contribution in [0, 0.1) is 13.8 Å². The maximum absolute atomic E-state index is 12.4. The van der Waals surface area contributed by atoms with Crippen molar-refractivity contribution >= 4 is 23.5 Å². The second-order valence-corrected chi connectivity index (χ2v) is 6.35. The van der Waals surface area contributed by atoms with E-state index >= 15 is 0 Å². The zero-order valence-electron chi connectivity index (χ0n) is 16.0. The molecule has 0 aliphatic carbocycles. The number of aryl methyl sites for hydroxylation is 2. The molecule has 0 aliphatic rings. The van der Waals surface area contributed by atoms with Crippen LogP contribution >= 0.6 is 0 Å². The van der Waals surface area contributed by atoms with Crippen LogP contribution in [0.4, 0.5) is 5.69 Å². The van der Waals surface area contributed by atoms with Crippen molar-refractivity contribution < 1.29 is 19.1 Å². The van der Waals surface area contributed by atoms with Gasteiger partial charge in [-0.25, -0.2) is 0 Å². The number of esters is 1. The first-order chi connectivity index (χ1) is 12.8. The van der Waals surface area contributed by atoms with Crippen molar-refractivity contribution in [2.75, 3.05) is 18.5 Å². The van der Waals surface area contributed by atoms with Crippen molar-refractivity contribution in [3.63, 3.8) is 0 Å². The summed E-state index contributed by atoms with van der Waals surface area (Å²) in [5.41, 5.74) is 3.25. The second-order valence-electron chi connectivity index (χ2n) is 6.35. The highest BCUT2D eigenvalue weighted by Crippen LogP contribution is 2.13. The topological polar surface area (TPSA) is 75.7 Å². The normalized spacial score (nSPS) is 11.4. The molecule has 0 heterocycles. The third kappa shape index (κ3) is 5.41. The number of carbonyl (C=O) groups excluding carboxylic acids is 3. The minimum atomic E-state index is -0.957. The van der Waals surface area contributed by atoms with Crippen molar-refractivity contribution in [3.8, 4) is 0 Å². The number of benzene rings is 2. The lowest BCUT2D eigenvalue weighted by Crippen LogP contribution is -2.39. The van der Waals surface area contributed by atoms with Gasteiger partial charge in [-0.2, -0.15) is 0 Å². The zero-order valence-corrected chi connectivity index (χ0v) is 16.0. The van der Waals surface area contributed by atoms with E-state index in [2.05, 4.69) is 5.32 Å². The average molecular weight is 368 g/mol. The van der Waals surface area contributed by atoms with E-state index in [-0.39, 0.29) is 18.4 Å². The van der Waals surface area contributed by atoms with E-state index in [1.54, 1.807) is 31.3 Å². The first-order valence-corrected chi connectivity index (χ1v) is 8.67. The van der Waals surface area contributed by atoms with Gasteiger partial charge >= 0.3 is 5.97 Å². The van der Waals surface area contributed by atoms with E-state index in [0.717, 1.165) is 11.1 Å². The van der Waals surface area contributed by atoms with Gasteiger partial charge in [0.2, 0.25) is 0 Å². The van der Waals surface area contributed by atoms with Gasteiger partial charge < -0.3 is 15.0 Å². The molecule has 1 unspecified atom stereocenters. The Morgan fingerprint density at radius 2 is 1.70 bits per heavy atom. The number of anilines is 1. The molecule has 0 aliphatic heterocycles. The maximum atomic E-state index is 12.4. The van der Waals surface area contributed by atoms with Crippen LogP contribution in [-0.2, 0) is 14.3 Å². The number of para-hydroxylation sites is 1. The maximum Gasteiger partial charge on any atom is 0.326 e. The standard InChI is InChI=1S/C21H24N2O4/c1-14-10-11-17(12-15(14)2)20(25)22-13-19(24)27-16(3)21(26)23(4)18-8-6-5-7-9-18/h5-12,16H,13H2,1-4H3,(H,22,25). The minimum absolute atomic E-state index is 0.307. The van der Waals surface area contributed by atoms with Crippen LogP contribution in [0.25, 0.3) is 0 Å². The monoisotopic (exact) mass is 368 g/mol. The van der Waals surface area contributed by atoms with Gasteiger partial charge in [0, 0.05) is 18.3 Å². The third-order valence-electron chi connectivity index (χ3n) is 4.29. The zero-order chi connectivity index (χ0) is 20.0. The number of ether oxygens (including phenoxy) is 1. The van der Waals surface area contributed by atoms with E-state index in [9.17, 15) is 14.4 Å². The number of nitrogens with one attached hydrogen (secondary N) is 1. The second kappa shape index (κ2) is 8.98. The summed E-state index contributed by atoms with van der Waals surface area (Å²) in [5, 5.41) is 2.51. The molecule has 1 atom stereocenters. The molecule has 0 saturated carbocycles. The van der Waals surface area contributed by atoms with Crippen molar-refractivity contribution in [1.29, 1.82) is 0 Å². The molecule has 27 heavy (non-hydrogen) atoms. The summed E-state index contributed by atoms with van der Waals surface area (Å²) in [5.74, 6) is -1.39. The smallest absolute Gasteiger partial charge is 0.326 e. The molecule has 0 bridgehead atoms. The van der Waals surface area contributed by atoms with Crippen LogP contribution in [0.2, 0.25) is 0 Å². The molecule has 2 aromatic rings. The fourth-order valence-corrected chi connectivity index (χ4v) is 2.48. The molecule has 2 rings (SSSR count). The molecule has 0 radical (unpaired) electrons. The first-order valence-electron chi connectivity index (χ1n) is 8.67. The number of carbonyl (C=O) groups is 3. The Hall–Kier alpha value is -3.15. The van der Waals surface area contributed by atoms with Gasteiger partial charge in [0.05, 0.1) is 0 Å². The van der Waals surface area contributed by atoms with E-state index in [4.69, 9.17) is 4.74 Å². The molecule has 2 amide bonds. The lowest BCUT2D eigenvalue weighted by atomic mass is 10.1. The van der Waals surface area contributed by atoms with Crippen LogP contribution < -0.4 is 10.2 Å². The number of hydrogen-bond donors (Lipinski definition) is 1. The number of likely N-dealkylation sites (N-methyl/N-ethyl adjacent to an activating group) is 1. The average Bonchev–Trinajstić information content (AvgIpc) is 2.67. The lowest BCUT2D eigenvalue weighted by Gasteiger charge is -2.21. The van der Waals surface area contributed by atoms with Gasteiger partial charge in [0.1, 0.15) is 6.54 Å². The van der Waals surface area contributed by atoms with E-state index < -0.39 is 12.1 Å². The van der Waals surface area contributed by atoms with Crippen molar-refractivity contribution in [2.45, 2.75) is 26.9 Å². The fourth-order valence-electron chi connectivity index (χ4n) is 2.48. The predicted molar refractivity (Wildman–Crippen MR) is 104 cm³/mol. The number of amides is 2. The van der Waals surface area contributed by atoms with Gasteiger partial charge in [-0.3, -0.25) is 14.4 Å². The summed E-state index contributed by atoms with van der Waals surface area (Å²) in [6, 6.07) is 14.4. The van der Waals surface area contributed by atoms with E-state index in [1.807, 2.05) is 38.1 Å². The predicted octanol–water partition coefficient (Wildman–Crippen LogP) is 2.63. The Morgan fingerprint density at radius 1 is 1.04 bits per heavy atom. The molecule has 2 aromatic carbocycles. The molecular formula is C21H24N2O4. The fraction of sp³-hybridized carbons (Fsp3) is 0.286. The molecule has 6 nitrogen and oxygen atoms in total. The van der Waals surface area contributed by atoms with Crippen LogP contribution in [0.15, 0.2) is 48.5 Å². The SMILES string of the molecule is Cc1ccc(C(=O)NCC(=O)OC(C)C(=O)N(C)c2ccccc2)cc1C. The van der Waals surface area contributed by atoms with E-state index in [0.29, 0.717) is 11.3 Å². The van der Waals surface area contributed by atoms with Crippen LogP contribution in [0.3, 0.4) is 0 Å². The van der Waals surface area contributed by atoms with Crippen LogP contribution in [0.1, 0.15) is 28.4 Å². The van der Waals surface area contributed by atoms with Crippen LogP contribution in [-0.4, -0.2) is 37.5 Å². The Morgan fingerprint density at radius 3 is 2.33 bits per heavy atom. The molecule has 142 valence electrons. The van der Waals surface area contributed by atoms with Crippen molar-refractivity contribution in [3.05, 3.63) is 65.2 Å². The van der Waals surface area contributed by atoms with Crippen LogP contribution in [0.5, 0.6) is 0 Å². The quantitative estimate of drug-likeness (QED) is 0.796. The molecular weight excluding hydrogens is 344 g/mol. The summed E-state index contributed by atoms with van der Waals surface area (Å²) in [6.07, 6.45) is -0.957. The highest BCUT2D eigenvalue weighted by atomic mass is 16.5. The Bertz CT molecular complexity index is 833. The number of rotatable bonds is 6. The molecule has 0 aromatic heterocycles. The van der Waals surface area contributed by atoms with Crippen molar-refractivity contribution in [2.24, 2.45) is 0 Å². The van der Waals surface area contributed by atoms with E-state index in [1.165, 1.54) is 11.8 Å². The lowest BCUT2D eigenvalue weighted by molar-refractivity contribution is -0.152.